The number of rotatable bonds is 7. The first-order valence-electron chi connectivity index (χ1n) is 9.89. The molecule has 3 aromatic rings. The molecule has 0 aliphatic carbocycles. The molecule has 1 unspecified atom stereocenters. The summed E-state index contributed by atoms with van der Waals surface area (Å²) in [5.74, 6) is 0.316. The Hall–Kier alpha value is -3.32. The number of carbonyl (C=O) groups excluding carboxylic acids is 1. The molecule has 3 rings (SSSR count). The number of carbonyl (C=O) groups is 1. The van der Waals surface area contributed by atoms with E-state index in [1.165, 1.54) is 12.1 Å². The van der Waals surface area contributed by atoms with Crippen molar-refractivity contribution in [2.24, 2.45) is 0 Å². The Kier molecular flexibility index (Phi) is 6.65. The number of hydrogen-bond acceptors (Lipinski definition) is 4. The van der Waals surface area contributed by atoms with Crippen LogP contribution >= 0.6 is 0 Å². The molecule has 162 valence electrons. The maximum absolute atomic E-state index is 12.8. The number of ether oxygens (including phenoxy) is 1. The summed E-state index contributed by atoms with van der Waals surface area (Å²) in [7, 11) is -3.75. The normalized spacial score (nSPS) is 12.1. The van der Waals surface area contributed by atoms with Gasteiger partial charge in [-0.15, -0.1) is 0 Å². The third kappa shape index (κ3) is 5.44. The predicted octanol–water partition coefficient (Wildman–Crippen LogP) is 4.82. The zero-order chi connectivity index (χ0) is 22.6. The summed E-state index contributed by atoms with van der Waals surface area (Å²) in [4.78, 5) is 12.6. The van der Waals surface area contributed by atoms with Crippen LogP contribution in [0.25, 0.3) is 0 Å². The lowest BCUT2D eigenvalue weighted by molar-refractivity contribution is -0.122. The molecule has 2 N–H and O–H groups in total. The van der Waals surface area contributed by atoms with E-state index in [9.17, 15) is 13.2 Å². The Morgan fingerprint density at radius 2 is 1.42 bits per heavy atom. The first kappa shape index (κ1) is 22.4. The van der Waals surface area contributed by atoms with Crippen LogP contribution < -0.4 is 14.8 Å². The van der Waals surface area contributed by atoms with Crippen molar-refractivity contribution in [3.05, 3.63) is 83.4 Å². The summed E-state index contributed by atoms with van der Waals surface area (Å²) >= 11 is 0. The Morgan fingerprint density at radius 3 is 2.03 bits per heavy atom. The zero-order valence-corrected chi connectivity index (χ0v) is 18.8. The smallest absolute Gasteiger partial charge is 0.265 e. The highest BCUT2D eigenvalue weighted by Crippen LogP contribution is 2.24. The van der Waals surface area contributed by atoms with Crippen LogP contribution in [0.5, 0.6) is 5.75 Å². The van der Waals surface area contributed by atoms with Crippen molar-refractivity contribution >= 4 is 27.3 Å². The molecule has 1 amide bonds. The van der Waals surface area contributed by atoms with E-state index in [0.29, 0.717) is 17.1 Å². The molecular formula is C24H26N2O4S. The van der Waals surface area contributed by atoms with Crippen molar-refractivity contribution < 1.29 is 17.9 Å². The molecule has 31 heavy (non-hydrogen) atoms. The van der Waals surface area contributed by atoms with Crippen molar-refractivity contribution in [1.29, 1.82) is 0 Å². The average Bonchev–Trinajstić information content (AvgIpc) is 2.73. The van der Waals surface area contributed by atoms with Crippen LogP contribution in [0.15, 0.2) is 71.6 Å². The largest absolute Gasteiger partial charge is 0.481 e. The molecule has 0 aromatic heterocycles. The lowest BCUT2D eigenvalue weighted by atomic mass is 10.1. The molecule has 0 saturated carbocycles. The predicted molar refractivity (Wildman–Crippen MR) is 123 cm³/mol. The fourth-order valence-corrected chi connectivity index (χ4v) is 4.27. The highest BCUT2D eigenvalue weighted by molar-refractivity contribution is 7.92. The van der Waals surface area contributed by atoms with E-state index in [4.69, 9.17) is 4.74 Å². The number of nitrogens with one attached hydrogen (secondary N) is 2. The second kappa shape index (κ2) is 9.22. The zero-order valence-electron chi connectivity index (χ0n) is 18.0. The quantitative estimate of drug-likeness (QED) is 0.554. The minimum atomic E-state index is -3.75. The Morgan fingerprint density at radius 1 is 0.839 bits per heavy atom. The third-order valence-corrected chi connectivity index (χ3v) is 6.28. The monoisotopic (exact) mass is 438 g/mol. The van der Waals surface area contributed by atoms with E-state index < -0.39 is 16.1 Å². The van der Waals surface area contributed by atoms with Crippen molar-refractivity contribution in [1.82, 2.24) is 0 Å². The van der Waals surface area contributed by atoms with Crippen molar-refractivity contribution in [2.75, 3.05) is 10.0 Å². The van der Waals surface area contributed by atoms with Crippen LogP contribution in [0.4, 0.5) is 11.4 Å². The van der Waals surface area contributed by atoms with Crippen molar-refractivity contribution in [3.63, 3.8) is 0 Å². The fourth-order valence-electron chi connectivity index (χ4n) is 3.06. The molecule has 0 spiro atoms. The number of amides is 1. The molecule has 0 aliphatic heterocycles. The van der Waals surface area contributed by atoms with Gasteiger partial charge < -0.3 is 10.1 Å². The van der Waals surface area contributed by atoms with Gasteiger partial charge in [-0.05, 0) is 74.7 Å². The van der Waals surface area contributed by atoms with Crippen LogP contribution in [0.2, 0.25) is 0 Å². The molecule has 7 heteroatoms. The number of anilines is 2. The summed E-state index contributed by atoms with van der Waals surface area (Å²) in [5.41, 5.74) is 3.68. The van der Waals surface area contributed by atoms with E-state index in [1.807, 2.05) is 63.2 Å². The number of aryl methyl sites for hydroxylation is 3. The number of para-hydroxylation sites is 2. The van der Waals surface area contributed by atoms with E-state index in [0.717, 1.165) is 16.7 Å². The highest BCUT2D eigenvalue weighted by atomic mass is 32.2. The SMILES string of the molecule is Cc1ccccc1OC(C)C(=O)Nc1ccc(S(=O)(=O)Nc2c(C)cccc2C)cc1. The fraction of sp³-hybridized carbons (Fsp3) is 0.208. The van der Waals surface area contributed by atoms with Crippen LogP contribution in [-0.2, 0) is 14.8 Å². The minimum absolute atomic E-state index is 0.109. The maximum Gasteiger partial charge on any atom is 0.265 e. The van der Waals surface area contributed by atoms with Gasteiger partial charge in [-0.25, -0.2) is 8.42 Å². The highest BCUT2D eigenvalue weighted by Gasteiger charge is 2.18. The van der Waals surface area contributed by atoms with E-state index in [1.54, 1.807) is 19.1 Å². The van der Waals surface area contributed by atoms with Gasteiger partial charge in [0, 0.05) is 5.69 Å². The molecule has 0 bridgehead atoms. The van der Waals surface area contributed by atoms with Gasteiger partial charge in [-0.2, -0.15) is 0 Å². The summed E-state index contributed by atoms with van der Waals surface area (Å²) in [6.07, 6.45) is -0.713. The van der Waals surface area contributed by atoms with Gasteiger partial charge in [0.15, 0.2) is 6.10 Å². The first-order valence-corrected chi connectivity index (χ1v) is 11.4. The Labute approximate surface area is 183 Å². The molecule has 0 saturated heterocycles. The molecule has 0 aliphatic rings. The van der Waals surface area contributed by atoms with Gasteiger partial charge in [-0.1, -0.05) is 36.4 Å². The van der Waals surface area contributed by atoms with Crippen LogP contribution in [-0.4, -0.2) is 20.4 Å². The van der Waals surface area contributed by atoms with Gasteiger partial charge in [0.1, 0.15) is 5.75 Å². The van der Waals surface area contributed by atoms with Crippen LogP contribution in [0.1, 0.15) is 23.6 Å². The summed E-state index contributed by atoms with van der Waals surface area (Å²) in [6, 6.07) is 19.1. The summed E-state index contributed by atoms with van der Waals surface area (Å²) in [6.45, 7) is 7.27. The van der Waals surface area contributed by atoms with Crippen molar-refractivity contribution in [2.45, 2.75) is 38.7 Å². The number of hydrogen-bond donors (Lipinski definition) is 2. The third-order valence-electron chi connectivity index (χ3n) is 4.92. The molecule has 0 fully saturated rings. The van der Waals surface area contributed by atoms with E-state index in [-0.39, 0.29) is 10.8 Å². The van der Waals surface area contributed by atoms with Gasteiger partial charge in [0.2, 0.25) is 0 Å². The molecular weight excluding hydrogens is 412 g/mol. The van der Waals surface area contributed by atoms with Crippen LogP contribution in [0, 0.1) is 20.8 Å². The average molecular weight is 439 g/mol. The van der Waals surface area contributed by atoms with E-state index >= 15 is 0 Å². The van der Waals surface area contributed by atoms with Gasteiger partial charge in [0.25, 0.3) is 15.9 Å². The Bertz CT molecular complexity index is 1170. The minimum Gasteiger partial charge on any atom is -0.481 e. The second-order valence-corrected chi connectivity index (χ2v) is 9.09. The maximum atomic E-state index is 12.8. The van der Waals surface area contributed by atoms with E-state index in [2.05, 4.69) is 10.0 Å². The van der Waals surface area contributed by atoms with Gasteiger partial charge >= 0.3 is 0 Å². The number of sulfonamides is 1. The van der Waals surface area contributed by atoms with Gasteiger partial charge in [-0.3, -0.25) is 9.52 Å². The lowest BCUT2D eigenvalue weighted by Crippen LogP contribution is -2.30. The summed E-state index contributed by atoms with van der Waals surface area (Å²) in [5, 5.41) is 2.75. The molecule has 0 heterocycles. The van der Waals surface area contributed by atoms with Crippen LogP contribution in [0.3, 0.4) is 0 Å². The molecule has 6 nitrogen and oxygen atoms in total. The van der Waals surface area contributed by atoms with Gasteiger partial charge in [0.05, 0.1) is 10.6 Å². The standard InChI is InChI=1S/C24H26N2O4S/c1-16-8-5-6-11-22(16)30-19(4)24(27)25-20-12-14-21(15-13-20)31(28,29)26-23-17(2)9-7-10-18(23)3/h5-15,19,26H,1-4H3,(H,25,27). The topological polar surface area (TPSA) is 84.5 Å². The lowest BCUT2D eigenvalue weighted by Gasteiger charge is -2.16. The summed E-state index contributed by atoms with van der Waals surface area (Å²) < 4.78 is 33.9. The van der Waals surface area contributed by atoms with Crippen molar-refractivity contribution in [3.8, 4) is 5.75 Å². The first-order chi connectivity index (χ1) is 14.7. The number of benzene rings is 3. The molecule has 0 radical (unpaired) electrons. The second-order valence-electron chi connectivity index (χ2n) is 7.41. The molecule has 1 atom stereocenters. The molecule has 3 aromatic carbocycles. The Balaban J connectivity index is 1.68.